The predicted molar refractivity (Wildman–Crippen MR) is 93.9 cm³/mol. The molecular weight excluding hydrogens is 361 g/mol. The second kappa shape index (κ2) is 7.27. The quantitative estimate of drug-likeness (QED) is 0.489. The second-order valence-corrected chi connectivity index (χ2v) is 6.21. The lowest BCUT2D eigenvalue weighted by Crippen LogP contribution is -2.32. The van der Waals surface area contributed by atoms with Crippen LogP contribution in [0.15, 0.2) is 54.1 Å². The van der Waals surface area contributed by atoms with Gasteiger partial charge in [0.15, 0.2) is 0 Å². The van der Waals surface area contributed by atoms with Gasteiger partial charge in [-0.05, 0) is 42.0 Å². The molecule has 1 aliphatic rings. The lowest BCUT2D eigenvalue weighted by Gasteiger charge is -2.24. The van der Waals surface area contributed by atoms with Crippen molar-refractivity contribution >= 4 is 29.1 Å². The fourth-order valence-electron chi connectivity index (χ4n) is 2.97. The van der Waals surface area contributed by atoms with Gasteiger partial charge in [-0.25, -0.2) is 4.39 Å². The highest BCUT2D eigenvalue weighted by Gasteiger charge is 2.45. The fourth-order valence-corrected chi connectivity index (χ4v) is 3.10. The number of aliphatic hydroxyl groups excluding tert-OH is 2. The summed E-state index contributed by atoms with van der Waals surface area (Å²) in [7, 11) is 0. The van der Waals surface area contributed by atoms with Crippen molar-refractivity contribution < 1.29 is 24.2 Å². The Morgan fingerprint density at radius 1 is 1.08 bits per heavy atom. The maximum absolute atomic E-state index is 13.3. The van der Waals surface area contributed by atoms with Crippen molar-refractivity contribution in [1.82, 2.24) is 4.90 Å². The Bertz CT molecular complexity index is 877. The van der Waals surface area contributed by atoms with E-state index < -0.39 is 23.5 Å². The summed E-state index contributed by atoms with van der Waals surface area (Å²) in [4.78, 5) is 26.1. The van der Waals surface area contributed by atoms with E-state index in [2.05, 4.69) is 0 Å². The van der Waals surface area contributed by atoms with E-state index in [0.717, 1.165) is 4.90 Å². The van der Waals surface area contributed by atoms with Crippen molar-refractivity contribution in [2.24, 2.45) is 0 Å². The first-order valence-corrected chi connectivity index (χ1v) is 8.22. The van der Waals surface area contributed by atoms with Crippen molar-refractivity contribution in [3.63, 3.8) is 0 Å². The van der Waals surface area contributed by atoms with Gasteiger partial charge < -0.3 is 15.1 Å². The zero-order valence-corrected chi connectivity index (χ0v) is 14.3. The minimum atomic E-state index is -0.918. The number of halogens is 2. The summed E-state index contributed by atoms with van der Waals surface area (Å²) in [6.45, 7) is -0.449. The fraction of sp³-hybridized carbons (Fsp3) is 0.158. The molecule has 0 radical (unpaired) electrons. The van der Waals surface area contributed by atoms with Crippen molar-refractivity contribution in [1.29, 1.82) is 0 Å². The van der Waals surface area contributed by atoms with Crippen LogP contribution in [0.4, 0.5) is 4.39 Å². The number of carbonyl (C=O) groups excluding carboxylic acids is 2. The van der Waals surface area contributed by atoms with Crippen LogP contribution in [0, 0.1) is 5.82 Å². The minimum Gasteiger partial charge on any atom is -0.507 e. The molecule has 0 unspecified atom stereocenters. The van der Waals surface area contributed by atoms with Gasteiger partial charge in [-0.3, -0.25) is 9.59 Å². The predicted octanol–water partition coefficient (Wildman–Crippen LogP) is 2.89. The van der Waals surface area contributed by atoms with E-state index >= 15 is 0 Å². The van der Waals surface area contributed by atoms with E-state index in [1.165, 1.54) is 36.4 Å². The van der Waals surface area contributed by atoms with Crippen LogP contribution in [0.1, 0.15) is 17.2 Å². The van der Waals surface area contributed by atoms with Crippen LogP contribution in [0.25, 0.3) is 5.76 Å². The van der Waals surface area contributed by atoms with Gasteiger partial charge in [0.25, 0.3) is 11.7 Å². The SMILES string of the molecule is O=C1C(=O)N(CCO)[C@H](c2ccc(F)cc2)/C1=C(\O)c1ccc(Cl)cc1. The van der Waals surface area contributed by atoms with Crippen LogP contribution in [0.5, 0.6) is 0 Å². The smallest absolute Gasteiger partial charge is 0.295 e. The van der Waals surface area contributed by atoms with Gasteiger partial charge >= 0.3 is 0 Å². The Balaban J connectivity index is 2.17. The molecule has 3 rings (SSSR count). The number of rotatable bonds is 4. The van der Waals surface area contributed by atoms with Crippen molar-refractivity contribution in [2.75, 3.05) is 13.2 Å². The molecule has 5 nitrogen and oxygen atoms in total. The van der Waals surface area contributed by atoms with E-state index in [0.29, 0.717) is 16.1 Å². The Kier molecular flexibility index (Phi) is 5.06. The Labute approximate surface area is 153 Å². The number of hydrogen-bond acceptors (Lipinski definition) is 4. The monoisotopic (exact) mass is 375 g/mol. The number of aliphatic hydroxyl groups is 2. The van der Waals surface area contributed by atoms with Crippen molar-refractivity contribution in [2.45, 2.75) is 6.04 Å². The molecule has 1 atom stereocenters. The lowest BCUT2D eigenvalue weighted by molar-refractivity contribution is -0.140. The van der Waals surface area contributed by atoms with Crippen molar-refractivity contribution in [3.05, 3.63) is 76.1 Å². The summed E-state index contributed by atoms with van der Waals surface area (Å²) in [6.07, 6.45) is 0. The van der Waals surface area contributed by atoms with Crippen LogP contribution < -0.4 is 0 Å². The highest BCUT2D eigenvalue weighted by molar-refractivity contribution is 6.46. The Hall–Kier alpha value is -2.70. The lowest BCUT2D eigenvalue weighted by atomic mass is 9.95. The second-order valence-electron chi connectivity index (χ2n) is 5.77. The summed E-state index contributed by atoms with van der Waals surface area (Å²) in [5.41, 5.74) is 0.662. The summed E-state index contributed by atoms with van der Waals surface area (Å²) in [5, 5.41) is 20.4. The minimum absolute atomic E-state index is 0.0932. The molecular formula is C19H15ClFNO4. The van der Waals surface area contributed by atoms with Gasteiger partial charge in [0, 0.05) is 17.1 Å². The Morgan fingerprint density at radius 3 is 2.27 bits per heavy atom. The number of β-amino-alcohol motifs (C(OH)–C–C–N with tert-alkyl or cyclic N) is 1. The van der Waals surface area contributed by atoms with Crippen LogP contribution in [-0.4, -0.2) is 40.0 Å². The van der Waals surface area contributed by atoms with E-state index in [1.54, 1.807) is 12.1 Å². The zero-order valence-electron chi connectivity index (χ0n) is 13.5. The third kappa shape index (κ3) is 3.21. The number of Topliss-reactive ketones (excluding diaryl/α,β-unsaturated/α-hetero) is 1. The van der Waals surface area contributed by atoms with E-state index in [4.69, 9.17) is 11.6 Å². The molecule has 1 fully saturated rings. The van der Waals surface area contributed by atoms with Crippen LogP contribution in [-0.2, 0) is 9.59 Å². The summed E-state index contributed by atoms with van der Waals surface area (Å²) in [6, 6.07) is 10.5. The standard InChI is InChI=1S/C19H15ClFNO4/c20-13-5-1-12(2-6-13)17(24)15-16(11-3-7-14(21)8-4-11)22(9-10-23)19(26)18(15)25/h1-8,16,23-24H,9-10H2/b17-15+/t16-/m1/s1. The summed E-state index contributed by atoms with van der Waals surface area (Å²) in [5.74, 6) is -2.51. The van der Waals surface area contributed by atoms with Gasteiger partial charge in [-0.15, -0.1) is 0 Å². The molecule has 0 aliphatic carbocycles. The maximum atomic E-state index is 13.3. The average molecular weight is 376 g/mol. The molecule has 1 amide bonds. The molecule has 0 spiro atoms. The largest absolute Gasteiger partial charge is 0.507 e. The average Bonchev–Trinajstić information content (AvgIpc) is 2.88. The third-order valence-electron chi connectivity index (χ3n) is 4.18. The molecule has 7 heteroatoms. The molecule has 1 heterocycles. The van der Waals surface area contributed by atoms with E-state index in [9.17, 15) is 24.2 Å². The first kappa shape index (κ1) is 18.1. The molecule has 0 bridgehead atoms. The Morgan fingerprint density at radius 2 is 1.69 bits per heavy atom. The zero-order chi connectivity index (χ0) is 18.8. The summed E-state index contributed by atoms with van der Waals surface area (Å²) < 4.78 is 13.3. The van der Waals surface area contributed by atoms with E-state index in [-0.39, 0.29) is 24.5 Å². The topological polar surface area (TPSA) is 77.8 Å². The molecule has 26 heavy (non-hydrogen) atoms. The number of likely N-dealkylation sites (tertiary alicyclic amines) is 1. The summed E-state index contributed by atoms with van der Waals surface area (Å²) >= 11 is 5.84. The molecule has 0 saturated carbocycles. The molecule has 1 saturated heterocycles. The van der Waals surface area contributed by atoms with Crippen LogP contribution >= 0.6 is 11.6 Å². The van der Waals surface area contributed by atoms with Gasteiger partial charge in [0.05, 0.1) is 18.2 Å². The number of nitrogens with zero attached hydrogens (tertiary/aromatic N) is 1. The van der Waals surface area contributed by atoms with Gasteiger partial charge in [-0.1, -0.05) is 23.7 Å². The highest BCUT2D eigenvalue weighted by Crippen LogP contribution is 2.39. The highest BCUT2D eigenvalue weighted by atomic mass is 35.5. The third-order valence-corrected chi connectivity index (χ3v) is 4.44. The number of benzene rings is 2. The maximum Gasteiger partial charge on any atom is 0.295 e. The molecule has 2 aromatic carbocycles. The van der Waals surface area contributed by atoms with E-state index in [1.807, 2.05) is 0 Å². The number of ketones is 1. The number of hydrogen-bond donors (Lipinski definition) is 2. The first-order valence-electron chi connectivity index (χ1n) is 7.84. The van der Waals surface area contributed by atoms with Gasteiger partial charge in [-0.2, -0.15) is 0 Å². The molecule has 134 valence electrons. The molecule has 2 N–H and O–H groups in total. The van der Waals surface area contributed by atoms with Crippen molar-refractivity contribution in [3.8, 4) is 0 Å². The van der Waals surface area contributed by atoms with Crippen LogP contribution in [0.3, 0.4) is 0 Å². The molecule has 2 aromatic rings. The first-order chi connectivity index (χ1) is 12.4. The van der Waals surface area contributed by atoms with Crippen LogP contribution in [0.2, 0.25) is 5.02 Å². The molecule has 0 aromatic heterocycles. The van der Waals surface area contributed by atoms with Gasteiger partial charge in [0.2, 0.25) is 0 Å². The number of amides is 1. The normalized spacial score (nSPS) is 19.2. The number of carbonyl (C=O) groups is 2. The molecule has 1 aliphatic heterocycles. The van der Waals surface area contributed by atoms with Gasteiger partial charge in [0.1, 0.15) is 11.6 Å².